The van der Waals surface area contributed by atoms with Gasteiger partial charge in [0.05, 0.1) is 18.5 Å². The molecule has 7 nitrogen and oxygen atoms in total. The molecule has 1 aliphatic heterocycles. The van der Waals surface area contributed by atoms with E-state index in [4.69, 9.17) is 9.47 Å². The number of hydrogen-bond donors (Lipinski definition) is 1. The molecule has 1 aromatic carbocycles. The van der Waals surface area contributed by atoms with Crippen molar-refractivity contribution in [3.63, 3.8) is 0 Å². The highest BCUT2D eigenvalue weighted by atomic mass is 32.2. The molecule has 1 unspecified atom stereocenters. The number of hydrogen-bond acceptors (Lipinski definition) is 5. The topological polar surface area (TPSA) is 84.9 Å². The molecule has 1 N–H and O–H groups in total. The van der Waals surface area contributed by atoms with Crippen LogP contribution in [0, 0.1) is 0 Å². The lowest BCUT2D eigenvalue weighted by atomic mass is 10.2. The van der Waals surface area contributed by atoms with Gasteiger partial charge in [-0.2, -0.15) is 0 Å². The molecular weight excluding hydrogens is 308 g/mol. The third-order valence-corrected chi connectivity index (χ3v) is 4.40. The predicted octanol–water partition coefficient (Wildman–Crippen LogP) is 0.366. The summed E-state index contributed by atoms with van der Waals surface area (Å²) in [5, 5.41) is 2.72. The van der Waals surface area contributed by atoms with Gasteiger partial charge in [-0.1, -0.05) is 12.1 Å². The molecule has 1 amide bonds. The Labute approximate surface area is 130 Å². The average molecular weight is 328 g/mol. The summed E-state index contributed by atoms with van der Waals surface area (Å²) in [6.07, 6.45) is 0.927. The summed E-state index contributed by atoms with van der Waals surface area (Å²) < 4.78 is 35.6. The van der Waals surface area contributed by atoms with Gasteiger partial charge in [-0.05, 0) is 18.6 Å². The Balaban J connectivity index is 2.12. The highest BCUT2D eigenvalue weighted by Gasteiger charge is 2.34. The second-order valence-corrected chi connectivity index (χ2v) is 6.91. The first kappa shape index (κ1) is 16.6. The highest BCUT2D eigenvalue weighted by Crippen LogP contribution is 2.34. The van der Waals surface area contributed by atoms with E-state index < -0.39 is 16.1 Å². The van der Waals surface area contributed by atoms with Crippen LogP contribution < -0.4 is 14.4 Å². The van der Waals surface area contributed by atoms with Gasteiger partial charge >= 0.3 is 0 Å². The van der Waals surface area contributed by atoms with Crippen molar-refractivity contribution in [2.45, 2.75) is 12.5 Å². The Morgan fingerprint density at radius 1 is 1.45 bits per heavy atom. The number of sulfonamides is 1. The number of amides is 1. The quantitative estimate of drug-likeness (QED) is 0.763. The Hall–Kier alpha value is -1.80. The molecule has 0 saturated carbocycles. The molecule has 22 heavy (non-hydrogen) atoms. The number of rotatable bonds is 6. The zero-order valence-electron chi connectivity index (χ0n) is 12.6. The van der Waals surface area contributed by atoms with E-state index in [2.05, 4.69) is 5.32 Å². The molecule has 1 atom stereocenters. The van der Waals surface area contributed by atoms with Crippen LogP contribution in [-0.4, -0.2) is 53.5 Å². The number of ether oxygens (including phenoxy) is 2. The number of carbonyl (C=O) groups is 1. The van der Waals surface area contributed by atoms with E-state index in [0.717, 1.165) is 6.26 Å². The summed E-state index contributed by atoms with van der Waals surface area (Å²) in [4.78, 5) is 12.1. The van der Waals surface area contributed by atoms with Crippen molar-refractivity contribution in [2.24, 2.45) is 0 Å². The Kier molecular flexibility index (Phi) is 5.25. The summed E-state index contributed by atoms with van der Waals surface area (Å²) in [5.41, 5.74) is 0.452. The standard InChI is InChI=1S/C14H20N2O5S/c1-20-9-5-8-15-14(17)13-10-16(22(2,18)19)11-6-3-4-7-12(11)21-13/h3-4,6-7,13H,5,8-10H2,1-2H3,(H,15,17). The van der Waals surface area contributed by atoms with E-state index in [0.29, 0.717) is 31.0 Å². The molecule has 0 radical (unpaired) electrons. The van der Waals surface area contributed by atoms with Crippen LogP contribution in [0.1, 0.15) is 6.42 Å². The molecule has 1 aliphatic rings. The number of para-hydroxylation sites is 2. The zero-order valence-corrected chi connectivity index (χ0v) is 13.4. The van der Waals surface area contributed by atoms with Gasteiger partial charge in [-0.15, -0.1) is 0 Å². The fourth-order valence-electron chi connectivity index (χ4n) is 2.19. The van der Waals surface area contributed by atoms with Gasteiger partial charge < -0.3 is 14.8 Å². The third kappa shape index (κ3) is 3.89. The first-order valence-electron chi connectivity index (χ1n) is 6.93. The SMILES string of the molecule is COCCCNC(=O)C1CN(S(C)(=O)=O)c2ccccc2O1. The van der Waals surface area contributed by atoms with Crippen LogP contribution in [0.25, 0.3) is 0 Å². The summed E-state index contributed by atoms with van der Waals surface area (Å²) in [6, 6.07) is 6.77. The molecule has 0 bridgehead atoms. The molecule has 0 aliphatic carbocycles. The van der Waals surface area contributed by atoms with Gasteiger partial charge in [0, 0.05) is 20.3 Å². The molecule has 0 fully saturated rings. The van der Waals surface area contributed by atoms with Crippen molar-refractivity contribution in [2.75, 3.05) is 37.4 Å². The number of nitrogens with one attached hydrogen (secondary N) is 1. The number of anilines is 1. The van der Waals surface area contributed by atoms with Crippen molar-refractivity contribution in [3.05, 3.63) is 24.3 Å². The molecule has 1 aromatic rings. The number of nitrogens with zero attached hydrogens (tertiary/aromatic N) is 1. The first-order valence-corrected chi connectivity index (χ1v) is 8.78. The normalized spacial score (nSPS) is 17.5. The van der Waals surface area contributed by atoms with E-state index in [1.807, 2.05) is 0 Å². The summed E-state index contributed by atoms with van der Waals surface area (Å²) in [6.45, 7) is 0.961. The smallest absolute Gasteiger partial charge is 0.263 e. The maximum absolute atomic E-state index is 12.1. The predicted molar refractivity (Wildman–Crippen MR) is 82.6 cm³/mol. The minimum absolute atomic E-state index is 0.0358. The Bertz CT molecular complexity index is 632. The summed E-state index contributed by atoms with van der Waals surface area (Å²) in [7, 11) is -1.89. The van der Waals surface area contributed by atoms with E-state index in [1.54, 1.807) is 31.4 Å². The molecule has 8 heteroatoms. The van der Waals surface area contributed by atoms with Gasteiger partial charge in [-0.25, -0.2) is 8.42 Å². The van der Waals surface area contributed by atoms with Crippen LogP contribution >= 0.6 is 0 Å². The third-order valence-electron chi connectivity index (χ3n) is 3.25. The zero-order chi connectivity index (χ0) is 16.2. The second kappa shape index (κ2) is 6.97. The van der Waals surface area contributed by atoms with Gasteiger partial charge in [0.15, 0.2) is 6.10 Å². The number of benzene rings is 1. The average Bonchev–Trinajstić information content (AvgIpc) is 2.49. The fraction of sp³-hybridized carbons (Fsp3) is 0.500. The second-order valence-electron chi connectivity index (χ2n) is 5.01. The van der Waals surface area contributed by atoms with Crippen LogP contribution in [0.4, 0.5) is 5.69 Å². The maximum Gasteiger partial charge on any atom is 0.263 e. The van der Waals surface area contributed by atoms with Crippen molar-refractivity contribution < 1.29 is 22.7 Å². The van der Waals surface area contributed by atoms with Crippen LogP contribution in [0.15, 0.2) is 24.3 Å². The largest absolute Gasteiger partial charge is 0.476 e. The van der Waals surface area contributed by atoms with Crippen LogP contribution in [0.5, 0.6) is 5.75 Å². The molecule has 0 aromatic heterocycles. The van der Waals surface area contributed by atoms with Crippen molar-refractivity contribution in [1.29, 1.82) is 0 Å². The monoisotopic (exact) mass is 328 g/mol. The van der Waals surface area contributed by atoms with Gasteiger partial charge in [0.2, 0.25) is 10.0 Å². The summed E-state index contributed by atoms with van der Waals surface area (Å²) >= 11 is 0. The lowest BCUT2D eigenvalue weighted by molar-refractivity contribution is -0.127. The van der Waals surface area contributed by atoms with Gasteiger partial charge in [0.1, 0.15) is 5.75 Å². The number of methoxy groups -OCH3 is 1. The highest BCUT2D eigenvalue weighted by molar-refractivity contribution is 7.92. The lowest BCUT2D eigenvalue weighted by Crippen LogP contribution is -2.50. The van der Waals surface area contributed by atoms with Crippen molar-refractivity contribution in [3.8, 4) is 5.75 Å². The van der Waals surface area contributed by atoms with Crippen molar-refractivity contribution in [1.82, 2.24) is 5.32 Å². The molecule has 0 spiro atoms. The van der Waals surface area contributed by atoms with E-state index in [9.17, 15) is 13.2 Å². The van der Waals surface area contributed by atoms with Crippen LogP contribution in [-0.2, 0) is 19.6 Å². The minimum atomic E-state index is -3.48. The molecule has 122 valence electrons. The van der Waals surface area contributed by atoms with E-state index in [1.165, 1.54) is 4.31 Å². The van der Waals surface area contributed by atoms with Gasteiger partial charge in [-0.3, -0.25) is 9.10 Å². The molecular formula is C14H20N2O5S. The lowest BCUT2D eigenvalue weighted by Gasteiger charge is -2.33. The van der Waals surface area contributed by atoms with Crippen LogP contribution in [0.2, 0.25) is 0 Å². The number of fused-ring (bicyclic) bond motifs is 1. The van der Waals surface area contributed by atoms with E-state index in [-0.39, 0.29) is 12.5 Å². The fourth-order valence-corrected chi connectivity index (χ4v) is 3.11. The van der Waals surface area contributed by atoms with E-state index >= 15 is 0 Å². The maximum atomic E-state index is 12.1. The van der Waals surface area contributed by atoms with Gasteiger partial charge in [0.25, 0.3) is 5.91 Å². The van der Waals surface area contributed by atoms with Crippen molar-refractivity contribution >= 4 is 21.6 Å². The van der Waals surface area contributed by atoms with Crippen LogP contribution in [0.3, 0.4) is 0 Å². The summed E-state index contributed by atoms with van der Waals surface area (Å²) in [5.74, 6) is 0.0514. The molecule has 2 rings (SSSR count). The molecule has 0 saturated heterocycles. The minimum Gasteiger partial charge on any atom is -0.476 e. The Morgan fingerprint density at radius 2 is 2.18 bits per heavy atom. The Morgan fingerprint density at radius 3 is 2.86 bits per heavy atom. The number of carbonyl (C=O) groups excluding carboxylic acids is 1. The first-order chi connectivity index (χ1) is 10.4. The molecule has 1 heterocycles.